The van der Waals surface area contributed by atoms with Crippen molar-refractivity contribution < 1.29 is 9.47 Å². The lowest BCUT2D eigenvalue weighted by Gasteiger charge is -2.22. The molecule has 86 valence electrons. The summed E-state index contributed by atoms with van der Waals surface area (Å²) in [6.07, 6.45) is 0.0296. The predicted octanol–water partition coefficient (Wildman–Crippen LogP) is 1.50. The predicted molar refractivity (Wildman–Crippen MR) is 60.9 cm³/mol. The Hall–Kier alpha value is -0.870. The van der Waals surface area contributed by atoms with E-state index < -0.39 is 0 Å². The van der Waals surface area contributed by atoms with Crippen LogP contribution in [0.4, 0.5) is 5.13 Å². The highest BCUT2D eigenvalue weighted by Crippen LogP contribution is 2.25. The van der Waals surface area contributed by atoms with Gasteiger partial charge in [-0.2, -0.15) is 5.26 Å². The van der Waals surface area contributed by atoms with Crippen LogP contribution < -0.4 is 5.32 Å². The molecule has 2 rings (SSSR count). The van der Waals surface area contributed by atoms with Gasteiger partial charge in [0.05, 0.1) is 25.9 Å². The number of anilines is 1. The molecule has 1 unspecified atom stereocenters. The number of hydrogen-bond acceptors (Lipinski definition) is 6. The minimum atomic E-state index is 0.0296. The van der Waals surface area contributed by atoms with E-state index in [4.69, 9.17) is 26.3 Å². The van der Waals surface area contributed by atoms with Gasteiger partial charge in [-0.15, -0.1) is 0 Å². The standard InChI is InChI=1S/C9H10ClN3O2S/c10-8-7(3-11)16-9(13-8)12-4-6-5-14-1-2-15-6/h6H,1-2,4-5H2,(H,12,13). The van der Waals surface area contributed by atoms with E-state index in [1.165, 1.54) is 11.3 Å². The van der Waals surface area contributed by atoms with Crippen LogP contribution >= 0.6 is 22.9 Å². The fraction of sp³-hybridized carbons (Fsp3) is 0.556. The smallest absolute Gasteiger partial charge is 0.185 e. The van der Waals surface area contributed by atoms with Gasteiger partial charge in [0, 0.05) is 6.54 Å². The monoisotopic (exact) mass is 259 g/mol. The first kappa shape index (κ1) is 11.6. The second kappa shape index (κ2) is 5.46. The van der Waals surface area contributed by atoms with E-state index in [1.807, 2.05) is 6.07 Å². The summed E-state index contributed by atoms with van der Waals surface area (Å²) in [5, 5.41) is 12.7. The number of halogens is 1. The molecule has 1 N–H and O–H groups in total. The maximum atomic E-state index is 8.71. The first-order valence-electron chi connectivity index (χ1n) is 4.79. The van der Waals surface area contributed by atoms with E-state index >= 15 is 0 Å². The third-order valence-electron chi connectivity index (χ3n) is 2.05. The van der Waals surface area contributed by atoms with Crippen LogP contribution in [0, 0.1) is 11.3 Å². The van der Waals surface area contributed by atoms with E-state index in [9.17, 15) is 0 Å². The van der Waals surface area contributed by atoms with Crippen molar-refractivity contribution in [3.8, 4) is 6.07 Å². The van der Waals surface area contributed by atoms with Crippen molar-refractivity contribution in [1.82, 2.24) is 4.98 Å². The third-order valence-corrected chi connectivity index (χ3v) is 3.36. The second-order valence-electron chi connectivity index (χ2n) is 3.20. The number of nitriles is 1. The molecule has 1 aliphatic rings. The molecule has 16 heavy (non-hydrogen) atoms. The van der Waals surface area contributed by atoms with Crippen molar-refractivity contribution >= 4 is 28.1 Å². The Morgan fingerprint density at radius 3 is 3.12 bits per heavy atom. The molecule has 1 aliphatic heterocycles. The van der Waals surface area contributed by atoms with Crippen LogP contribution in [0.5, 0.6) is 0 Å². The largest absolute Gasteiger partial charge is 0.376 e. The van der Waals surface area contributed by atoms with Crippen molar-refractivity contribution in [2.75, 3.05) is 31.7 Å². The lowest BCUT2D eigenvalue weighted by molar-refractivity contribution is -0.0818. The van der Waals surface area contributed by atoms with Gasteiger partial charge in [0.25, 0.3) is 0 Å². The highest BCUT2D eigenvalue weighted by atomic mass is 35.5. The van der Waals surface area contributed by atoms with Crippen molar-refractivity contribution in [2.24, 2.45) is 0 Å². The Morgan fingerprint density at radius 1 is 1.62 bits per heavy atom. The number of hydrogen-bond donors (Lipinski definition) is 1. The van der Waals surface area contributed by atoms with Gasteiger partial charge in [0.15, 0.2) is 10.3 Å². The van der Waals surface area contributed by atoms with Gasteiger partial charge >= 0.3 is 0 Å². The summed E-state index contributed by atoms with van der Waals surface area (Å²) in [5.41, 5.74) is 0. The summed E-state index contributed by atoms with van der Waals surface area (Å²) in [6, 6.07) is 1.98. The molecular formula is C9H10ClN3O2S. The molecule has 1 atom stereocenters. The number of thiazole rings is 1. The Balaban J connectivity index is 1.86. The topological polar surface area (TPSA) is 67.2 Å². The minimum absolute atomic E-state index is 0.0296. The molecule has 1 saturated heterocycles. The van der Waals surface area contributed by atoms with E-state index in [0.29, 0.717) is 36.4 Å². The number of aromatic nitrogens is 1. The van der Waals surface area contributed by atoms with Crippen molar-refractivity contribution in [1.29, 1.82) is 5.26 Å². The van der Waals surface area contributed by atoms with Gasteiger partial charge in [-0.25, -0.2) is 4.98 Å². The molecule has 0 spiro atoms. The molecule has 0 aromatic carbocycles. The zero-order valence-corrected chi connectivity index (χ0v) is 9.98. The highest BCUT2D eigenvalue weighted by molar-refractivity contribution is 7.16. The van der Waals surface area contributed by atoms with Crippen LogP contribution in [0.1, 0.15) is 4.88 Å². The molecule has 2 heterocycles. The number of ether oxygens (including phenoxy) is 2. The maximum absolute atomic E-state index is 8.71. The van der Waals surface area contributed by atoms with Gasteiger partial charge < -0.3 is 14.8 Å². The zero-order chi connectivity index (χ0) is 11.4. The van der Waals surface area contributed by atoms with Gasteiger partial charge in [-0.1, -0.05) is 22.9 Å². The van der Waals surface area contributed by atoms with Gasteiger partial charge in [-0.05, 0) is 0 Å². The molecule has 1 aromatic rings. The Morgan fingerprint density at radius 2 is 2.50 bits per heavy atom. The summed E-state index contributed by atoms with van der Waals surface area (Å²) < 4.78 is 10.7. The summed E-state index contributed by atoms with van der Waals surface area (Å²) in [6.45, 7) is 2.46. The number of nitrogens with one attached hydrogen (secondary N) is 1. The van der Waals surface area contributed by atoms with Crippen molar-refractivity contribution in [2.45, 2.75) is 6.10 Å². The van der Waals surface area contributed by atoms with Crippen LogP contribution in [0.2, 0.25) is 5.15 Å². The van der Waals surface area contributed by atoms with Crippen LogP contribution in [0.15, 0.2) is 0 Å². The lowest BCUT2D eigenvalue weighted by Crippen LogP contribution is -2.34. The Kier molecular flexibility index (Phi) is 3.96. The molecule has 0 amide bonds. The Labute approximate surface area is 102 Å². The van der Waals surface area contributed by atoms with Gasteiger partial charge in [0.1, 0.15) is 10.9 Å². The fourth-order valence-electron chi connectivity index (χ4n) is 1.30. The first-order chi connectivity index (χ1) is 7.79. The summed E-state index contributed by atoms with van der Waals surface area (Å²) in [7, 11) is 0. The maximum Gasteiger partial charge on any atom is 0.185 e. The van der Waals surface area contributed by atoms with Gasteiger partial charge in [0.2, 0.25) is 0 Å². The summed E-state index contributed by atoms with van der Waals surface area (Å²) >= 11 is 6.98. The van der Waals surface area contributed by atoms with Crippen LogP contribution in [0.3, 0.4) is 0 Å². The number of nitrogens with zero attached hydrogens (tertiary/aromatic N) is 2. The molecule has 5 nitrogen and oxygen atoms in total. The minimum Gasteiger partial charge on any atom is -0.376 e. The molecule has 0 bridgehead atoms. The van der Waals surface area contributed by atoms with E-state index in [2.05, 4.69) is 10.3 Å². The summed E-state index contributed by atoms with van der Waals surface area (Å²) in [4.78, 5) is 4.44. The molecule has 7 heteroatoms. The van der Waals surface area contributed by atoms with Crippen LogP contribution in [-0.4, -0.2) is 37.5 Å². The highest BCUT2D eigenvalue weighted by Gasteiger charge is 2.15. The molecule has 1 fully saturated rings. The first-order valence-corrected chi connectivity index (χ1v) is 5.98. The van der Waals surface area contributed by atoms with Crippen molar-refractivity contribution in [3.63, 3.8) is 0 Å². The molecule has 1 aromatic heterocycles. The third kappa shape index (κ3) is 2.83. The number of rotatable bonds is 3. The lowest BCUT2D eigenvalue weighted by atomic mass is 10.3. The fourth-order valence-corrected chi connectivity index (χ4v) is 2.26. The zero-order valence-electron chi connectivity index (χ0n) is 8.40. The average Bonchev–Trinajstić information content (AvgIpc) is 2.69. The SMILES string of the molecule is N#Cc1sc(NCC2COCCO2)nc1Cl. The van der Waals surface area contributed by atoms with Crippen LogP contribution in [0.25, 0.3) is 0 Å². The van der Waals surface area contributed by atoms with Crippen molar-refractivity contribution in [3.05, 3.63) is 10.0 Å². The van der Waals surface area contributed by atoms with E-state index in [0.717, 1.165) is 0 Å². The molecular weight excluding hydrogens is 250 g/mol. The van der Waals surface area contributed by atoms with E-state index in [1.54, 1.807) is 0 Å². The van der Waals surface area contributed by atoms with Gasteiger partial charge in [-0.3, -0.25) is 0 Å². The van der Waals surface area contributed by atoms with Crippen LogP contribution in [-0.2, 0) is 9.47 Å². The average molecular weight is 260 g/mol. The second-order valence-corrected chi connectivity index (χ2v) is 4.56. The quantitative estimate of drug-likeness (QED) is 0.891. The van der Waals surface area contributed by atoms with E-state index in [-0.39, 0.29) is 11.3 Å². The molecule has 0 saturated carbocycles. The normalized spacial score (nSPS) is 20.4. The Bertz CT molecular complexity index is 398. The molecule has 0 aliphatic carbocycles. The molecule has 0 radical (unpaired) electrons. The summed E-state index contributed by atoms with van der Waals surface area (Å²) in [5.74, 6) is 0.